The molecule has 0 atom stereocenters. The number of para-hydroxylation sites is 1. The number of hydrogen-bond donors (Lipinski definition) is 1. The molecule has 0 saturated heterocycles. The summed E-state index contributed by atoms with van der Waals surface area (Å²) in [5, 5.41) is 19.0. The van der Waals surface area contributed by atoms with Crippen LogP contribution in [0.5, 0.6) is 11.6 Å². The largest absolute Gasteiger partial charge is 0.493 e. The smallest absolute Gasteiger partial charge is 0.302 e. The maximum absolute atomic E-state index is 12.0. The average Bonchev–Trinajstić information content (AvgIpc) is 2.96. The van der Waals surface area contributed by atoms with Gasteiger partial charge in [-0.1, -0.05) is 30.3 Å². The van der Waals surface area contributed by atoms with Crippen LogP contribution in [0.2, 0.25) is 0 Å². The third-order valence-electron chi connectivity index (χ3n) is 4.19. The van der Waals surface area contributed by atoms with Crippen molar-refractivity contribution in [1.82, 2.24) is 4.57 Å². The molecule has 1 amide bonds. The Balaban J connectivity index is 1.75. The minimum absolute atomic E-state index is 0.0444. The number of aromatic hydroxyl groups is 1. The van der Waals surface area contributed by atoms with Crippen molar-refractivity contribution in [3.05, 3.63) is 54.1 Å². The van der Waals surface area contributed by atoms with Gasteiger partial charge in [-0.05, 0) is 37.6 Å². The summed E-state index contributed by atoms with van der Waals surface area (Å²) in [6.45, 7) is 5.16. The Kier molecular flexibility index (Phi) is 6.39. The SMILES string of the molecule is CCOCCn1c(O)c(N=NC(=O)COc2cccc(C)c2)c2ccccc21. The van der Waals surface area contributed by atoms with E-state index in [-0.39, 0.29) is 18.2 Å². The lowest BCUT2D eigenvalue weighted by Crippen LogP contribution is -2.07. The summed E-state index contributed by atoms with van der Waals surface area (Å²) in [6, 6.07) is 14.8. The van der Waals surface area contributed by atoms with Gasteiger partial charge in [-0.2, -0.15) is 0 Å². The lowest BCUT2D eigenvalue weighted by Gasteiger charge is -2.06. The van der Waals surface area contributed by atoms with E-state index in [1.807, 2.05) is 56.3 Å². The highest BCUT2D eigenvalue weighted by molar-refractivity contribution is 5.95. The van der Waals surface area contributed by atoms with E-state index in [1.54, 1.807) is 10.6 Å². The Morgan fingerprint density at radius 3 is 2.79 bits per heavy atom. The van der Waals surface area contributed by atoms with Gasteiger partial charge in [-0.25, -0.2) is 0 Å². The highest BCUT2D eigenvalue weighted by Gasteiger charge is 2.16. The number of carbonyl (C=O) groups is 1. The molecule has 7 heteroatoms. The van der Waals surface area contributed by atoms with E-state index in [0.717, 1.165) is 11.1 Å². The number of nitrogens with zero attached hydrogens (tertiary/aromatic N) is 3. The molecule has 28 heavy (non-hydrogen) atoms. The standard InChI is InChI=1S/C21H23N3O4/c1-3-27-12-11-24-18-10-5-4-9-17(18)20(21(24)26)23-22-19(25)14-28-16-8-6-7-15(2)13-16/h4-10,13,26H,3,11-12,14H2,1-2H3. The normalized spacial score (nSPS) is 11.4. The van der Waals surface area contributed by atoms with E-state index in [2.05, 4.69) is 10.2 Å². The van der Waals surface area contributed by atoms with Crippen LogP contribution >= 0.6 is 0 Å². The van der Waals surface area contributed by atoms with Gasteiger partial charge in [-0.3, -0.25) is 4.79 Å². The first kappa shape index (κ1) is 19.6. The van der Waals surface area contributed by atoms with Gasteiger partial charge in [0.1, 0.15) is 5.75 Å². The molecule has 3 aromatic rings. The minimum atomic E-state index is -0.535. The summed E-state index contributed by atoms with van der Waals surface area (Å²) < 4.78 is 12.5. The molecule has 7 nitrogen and oxygen atoms in total. The second kappa shape index (κ2) is 9.14. The van der Waals surface area contributed by atoms with Crippen LogP contribution in [0, 0.1) is 6.92 Å². The van der Waals surface area contributed by atoms with E-state index in [9.17, 15) is 9.90 Å². The Bertz CT molecular complexity index is 994. The van der Waals surface area contributed by atoms with Crippen molar-refractivity contribution < 1.29 is 19.4 Å². The lowest BCUT2D eigenvalue weighted by atomic mass is 10.2. The van der Waals surface area contributed by atoms with Crippen molar-refractivity contribution in [2.45, 2.75) is 20.4 Å². The number of hydrogen-bond acceptors (Lipinski definition) is 5. The van der Waals surface area contributed by atoms with Gasteiger partial charge in [0.25, 0.3) is 0 Å². The van der Waals surface area contributed by atoms with Gasteiger partial charge < -0.3 is 19.1 Å². The van der Waals surface area contributed by atoms with Crippen molar-refractivity contribution in [1.29, 1.82) is 0 Å². The monoisotopic (exact) mass is 381 g/mol. The number of rotatable bonds is 8. The molecule has 0 radical (unpaired) electrons. The summed E-state index contributed by atoms with van der Waals surface area (Å²) in [5.74, 6) is 0.0167. The van der Waals surface area contributed by atoms with Crippen molar-refractivity contribution in [2.75, 3.05) is 19.8 Å². The van der Waals surface area contributed by atoms with Crippen LogP contribution in [0.1, 0.15) is 12.5 Å². The maximum atomic E-state index is 12.0. The van der Waals surface area contributed by atoms with E-state index < -0.39 is 5.91 Å². The Morgan fingerprint density at radius 1 is 1.18 bits per heavy atom. The quantitative estimate of drug-likeness (QED) is 0.463. The van der Waals surface area contributed by atoms with Crippen molar-refractivity contribution in [3.63, 3.8) is 0 Å². The average molecular weight is 381 g/mol. The van der Waals surface area contributed by atoms with Crippen LogP contribution in [-0.4, -0.2) is 35.4 Å². The summed E-state index contributed by atoms with van der Waals surface area (Å²) in [4.78, 5) is 12.0. The molecule has 1 N–H and O–H groups in total. The first-order valence-corrected chi connectivity index (χ1v) is 9.12. The number of carbonyl (C=O) groups excluding carboxylic acids is 1. The molecule has 0 aliphatic carbocycles. The predicted octanol–water partition coefficient (Wildman–Crippen LogP) is 4.38. The third-order valence-corrected chi connectivity index (χ3v) is 4.19. The van der Waals surface area contributed by atoms with Crippen LogP contribution in [0.15, 0.2) is 58.8 Å². The Morgan fingerprint density at radius 2 is 2.00 bits per heavy atom. The van der Waals surface area contributed by atoms with Gasteiger partial charge >= 0.3 is 5.91 Å². The fourth-order valence-corrected chi connectivity index (χ4v) is 2.88. The topological polar surface area (TPSA) is 85.4 Å². The molecule has 0 bridgehead atoms. The number of benzene rings is 2. The van der Waals surface area contributed by atoms with Crippen molar-refractivity contribution in [3.8, 4) is 11.6 Å². The van der Waals surface area contributed by atoms with E-state index >= 15 is 0 Å². The molecule has 146 valence electrons. The van der Waals surface area contributed by atoms with Crippen molar-refractivity contribution in [2.24, 2.45) is 10.2 Å². The molecule has 0 aliphatic heterocycles. The highest BCUT2D eigenvalue weighted by Crippen LogP contribution is 2.38. The fraction of sp³-hybridized carbons (Fsp3) is 0.286. The van der Waals surface area contributed by atoms with Crippen molar-refractivity contribution >= 4 is 22.5 Å². The molecule has 1 heterocycles. The second-order valence-corrected chi connectivity index (χ2v) is 6.24. The molecule has 0 spiro atoms. The number of azo groups is 1. The molecule has 0 aliphatic rings. The highest BCUT2D eigenvalue weighted by atomic mass is 16.5. The zero-order valence-electron chi connectivity index (χ0n) is 16.0. The molecule has 0 fully saturated rings. The van der Waals surface area contributed by atoms with E-state index in [1.165, 1.54) is 0 Å². The van der Waals surface area contributed by atoms with Gasteiger partial charge in [0.2, 0.25) is 5.88 Å². The van der Waals surface area contributed by atoms with E-state index in [4.69, 9.17) is 9.47 Å². The Hall–Kier alpha value is -3.19. The van der Waals surface area contributed by atoms with Gasteiger partial charge in [-0.15, -0.1) is 10.2 Å². The van der Waals surface area contributed by atoms with Crippen LogP contribution < -0.4 is 4.74 Å². The molecule has 1 aromatic heterocycles. The molecular weight excluding hydrogens is 358 g/mol. The van der Waals surface area contributed by atoms with Crippen LogP contribution in [0.25, 0.3) is 10.9 Å². The molecular formula is C21H23N3O4. The molecule has 0 unspecified atom stereocenters. The fourth-order valence-electron chi connectivity index (χ4n) is 2.88. The van der Waals surface area contributed by atoms with Gasteiger partial charge in [0, 0.05) is 18.5 Å². The van der Waals surface area contributed by atoms with Crippen LogP contribution in [0.3, 0.4) is 0 Å². The third kappa shape index (κ3) is 4.55. The summed E-state index contributed by atoms with van der Waals surface area (Å²) in [6.07, 6.45) is 0. The first-order chi connectivity index (χ1) is 13.6. The first-order valence-electron chi connectivity index (χ1n) is 9.12. The summed E-state index contributed by atoms with van der Waals surface area (Å²) in [5.41, 5.74) is 2.10. The zero-order valence-corrected chi connectivity index (χ0v) is 16.0. The van der Waals surface area contributed by atoms with E-state index in [0.29, 0.717) is 30.9 Å². The number of amides is 1. The van der Waals surface area contributed by atoms with Gasteiger partial charge in [0.05, 0.1) is 12.1 Å². The van der Waals surface area contributed by atoms with Crippen LogP contribution in [-0.2, 0) is 16.1 Å². The zero-order chi connectivity index (χ0) is 19.9. The number of aryl methyl sites for hydroxylation is 1. The minimum Gasteiger partial charge on any atom is -0.493 e. The van der Waals surface area contributed by atoms with Crippen LogP contribution in [0.4, 0.5) is 5.69 Å². The number of aromatic nitrogens is 1. The summed E-state index contributed by atoms with van der Waals surface area (Å²) >= 11 is 0. The molecule has 3 rings (SSSR count). The van der Waals surface area contributed by atoms with Gasteiger partial charge in [0.15, 0.2) is 12.3 Å². The number of fused-ring (bicyclic) bond motifs is 1. The lowest BCUT2D eigenvalue weighted by molar-refractivity contribution is -0.120. The Labute approximate surface area is 163 Å². The molecule has 0 saturated carbocycles. The maximum Gasteiger partial charge on any atom is 0.302 e. The summed E-state index contributed by atoms with van der Waals surface area (Å²) in [7, 11) is 0. The number of ether oxygens (including phenoxy) is 2. The molecule has 2 aromatic carbocycles. The predicted molar refractivity (Wildman–Crippen MR) is 106 cm³/mol. The second-order valence-electron chi connectivity index (χ2n) is 6.24.